The van der Waals surface area contributed by atoms with E-state index in [1.807, 2.05) is 26.8 Å². The molecule has 4 rings (SSSR count). The second kappa shape index (κ2) is 21.0. The van der Waals surface area contributed by atoms with E-state index in [0.717, 1.165) is 16.9 Å². The Balaban J connectivity index is 1.62. The number of nitrogens with one attached hydrogen (secondary N) is 1. The minimum Gasteiger partial charge on any atom is -0.495 e. The Morgan fingerprint density at radius 1 is 1.20 bits per heavy atom. The Morgan fingerprint density at radius 3 is 2.58 bits per heavy atom. The molecule has 0 aromatic heterocycles. The number of carbonyl (C=O) groups excluding carboxylic acids is 5. The number of aliphatic hydroxyl groups is 1. The van der Waals surface area contributed by atoms with E-state index in [0.29, 0.717) is 30.7 Å². The number of allylic oxidation sites excluding steroid dienone is 3. The van der Waals surface area contributed by atoms with Crippen molar-refractivity contribution in [1.82, 2.24) is 10.2 Å². The zero-order valence-corrected chi connectivity index (χ0v) is 38.1. The third-order valence-corrected chi connectivity index (χ3v) is 14.7. The maximum Gasteiger partial charge on any atom is 0.328 e. The Labute approximate surface area is 360 Å². The number of carbonyl (C=O) groups is 5. The lowest BCUT2D eigenvalue weighted by atomic mass is 9.78. The molecule has 3 aliphatic rings. The highest BCUT2D eigenvalue weighted by Crippen LogP contribution is 2.50. The molecule has 0 saturated carbocycles. The van der Waals surface area contributed by atoms with E-state index in [1.54, 1.807) is 73.8 Å². The molecule has 0 radical (unpaired) electrons. The first-order chi connectivity index (χ1) is 27.8. The molecule has 1 aromatic carbocycles. The van der Waals surface area contributed by atoms with E-state index in [-0.39, 0.29) is 47.8 Å². The van der Waals surface area contributed by atoms with E-state index >= 15 is 0 Å². The summed E-state index contributed by atoms with van der Waals surface area (Å²) in [5.74, 6) is -1.42. The number of methoxy groups -OCH3 is 2. The molecular weight excluding hydrogens is 822 g/mol. The minimum atomic E-state index is -1.59. The van der Waals surface area contributed by atoms with Gasteiger partial charge in [0.05, 0.1) is 31.7 Å². The highest BCUT2D eigenvalue weighted by atomic mass is 35.5. The predicted molar refractivity (Wildman–Crippen MR) is 229 cm³/mol. The van der Waals surface area contributed by atoms with Crippen molar-refractivity contribution in [2.24, 2.45) is 5.92 Å². The van der Waals surface area contributed by atoms with Gasteiger partial charge in [0, 0.05) is 64.4 Å². The van der Waals surface area contributed by atoms with Crippen LogP contribution in [0.2, 0.25) is 5.02 Å². The average Bonchev–Trinajstić information content (AvgIpc) is 3.89. The van der Waals surface area contributed by atoms with Crippen molar-refractivity contribution >= 4 is 68.5 Å². The Morgan fingerprint density at radius 2 is 1.92 bits per heavy atom. The molecule has 17 heteroatoms. The number of nitrogens with zero attached hydrogens (tertiary/aromatic N) is 2. The fourth-order valence-corrected chi connectivity index (χ4v) is 10.1. The average molecular weight is 883 g/mol. The summed E-state index contributed by atoms with van der Waals surface area (Å²) in [7, 11) is 10.8. The first-order valence-electron chi connectivity index (χ1n) is 19.8. The van der Waals surface area contributed by atoms with E-state index in [2.05, 4.69) is 5.32 Å². The van der Waals surface area contributed by atoms with Gasteiger partial charge in [-0.15, -0.1) is 0 Å². The number of amides is 3. The Bertz CT molecular complexity index is 1780. The van der Waals surface area contributed by atoms with Crippen LogP contribution in [0.15, 0.2) is 35.9 Å². The zero-order chi connectivity index (χ0) is 43.8. The largest absolute Gasteiger partial charge is 0.495 e. The summed E-state index contributed by atoms with van der Waals surface area (Å²) in [6.45, 7) is 8.98. The molecule has 9 unspecified atom stereocenters. The van der Waals surface area contributed by atoms with E-state index < -0.39 is 65.4 Å². The Kier molecular flexibility index (Phi) is 17.2. The summed E-state index contributed by atoms with van der Waals surface area (Å²) >= 11 is 6.79. The van der Waals surface area contributed by atoms with Crippen LogP contribution >= 0.6 is 33.2 Å². The van der Waals surface area contributed by atoms with Crippen molar-refractivity contribution in [3.05, 3.63) is 46.5 Å². The minimum absolute atomic E-state index is 0.0159. The normalized spacial score (nSPS) is 29.3. The van der Waals surface area contributed by atoms with E-state index in [4.69, 9.17) is 35.3 Å². The van der Waals surface area contributed by atoms with Crippen molar-refractivity contribution in [3.63, 3.8) is 0 Å². The van der Waals surface area contributed by atoms with E-state index in [9.17, 15) is 29.1 Å². The van der Waals surface area contributed by atoms with Gasteiger partial charge in [-0.2, -0.15) is 0 Å². The summed E-state index contributed by atoms with van der Waals surface area (Å²) in [5, 5.41) is 14.7. The number of ether oxygens (including phenoxy) is 5. The standard InChI is InChI=1S/C42H60ClN3O11S2/c1-24-13-11-14-32(54-10)42(52)22-31(55-37(50)23-42)26(3)39-41(5,57-39)33(21-36(49)46(8)29-19-28(17-24)20-30(53-9)38(29)43)56-40(51)27(4)45(7)35(48)18-25(2)59-58-16-12-15-34(47)44-6/h11,13-14,19-20,25-27,31-33,39,52H,12,15-18,21-23H2,1-10H3,(H,44,47)/b14-11?,24-13+. The second-order valence-electron chi connectivity index (χ2n) is 15.9. The number of likely N-dealkylation sites (N-methyl/N-ethyl adjacent to an activating group) is 1. The molecule has 3 heterocycles. The fourth-order valence-electron chi connectivity index (χ4n) is 7.48. The van der Waals surface area contributed by atoms with Crippen LogP contribution in [-0.4, -0.2) is 128 Å². The van der Waals surface area contributed by atoms with Gasteiger partial charge in [-0.25, -0.2) is 4.79 Å². The molecule has 0 aliphatic carbocycles. The highest BCUT2D eigenvalue weighted by Gasteiger charge is 2.64. The quantitative estimate of drug-likeness (QED) is 0.111. The molecule has 0 spiro atoms. The third kappa shape index (κ3) is 12.2. The molecule has 2 saturated heterocycles. The number of esters is 2. The summed E-state index contributed by atoms with van der Waals surface area (Å²) < 4.78 is 29.6. The molecule has 14 nitrogen and oxygen atoms in total. The van der Waals surface area contributed by atoms with Crippen LogP contribution in [0.4, 0.5) is 5.69 Å². The lowest BCUT2D eigenvalue weighted by molar-refractivity contribution is -0.187. The Hall–Kier alpha value is -3.28. The smallest absolute Gasteiger partial charge is 0.328 e. The number of anilines is 1. The van der Waals surface area contributed by atoms with E-state index in [1.165, 1.54) is 31.1 Å². The first-order valence-corrected chi connectivity index (χ1v) is 22.6. The van der Waals surface area contributed by atoms with Crippen LogP contribution in [0.5, 0.6) is 5.75 Å². The maximum atomic E-state index is 14.2. The predicted octanol–water partition coefficient (Wildman–Crippen LogP) is 5.45. The van der Waals surface area contributed by atoms with Gasteiger partial charge in [0.2, 0.25) is 17.7 Å². The van der Waals surface area contributed by atoms with Crippen molar-refractivity contribution in [2.75, 3.05) is 46.0 Å². The van der Waals surface area contributed by atoms with Crippen LogP contribution in [-0.2, 0) is 49.3 Å². The van der Waals surface area contributed by atoms with Crippen LogP contribution in [0.25, 0.3) is 0 Å². The van der Waals surface area contributed by atoms with Gasteiger partial charge in [0.25, 0.3) is 0 Å². The monoisotopic (exact) mass is 881 g/mol. The van der Waals surface area contributed by atoms with Gasteiger partial charge in [-0.05, 0) is 51.3 Å². The van der Waals surface area contributed by atoms with Gasteiger partial charge in [0.15, 0.2) is 0 Å². The third-order valence-electron chi connectivity index (χ3n) is 11.4. The number of hydrogen-bond donors (Lipinski definition) is 2. The van der Waals surface area contributed by atoms with Gasteiger partial charge in [-0.3, -0.25) is 19.2 Å². The number of fused-ring (bicyclic) bond motifs is 5. The molecule has 59 heavy (non-hydrogen) atoms. The van der Waals surface area contributed by atoms with Gasteiger partial charge in [-0.1, -0.05) is 70.8 Å². The summed E-state index contributed by atoms with van der Waals surface area (Å²) in [6, 6.07) is 2.59. The van der Waals surface area contributed by atoms with Gasteiger partial charge >= 0.3 is 11.9 Å². The molecular formula is C42H60ClN3O11S2. The molecule has 3 aliphatic heterocycles. The summed E-state index contributed by atoms with van der Waals surface area (Å²) in [6.07, 6.45) is 3.17. The molecule has 2 N–H and O–H groups in total. The van der Waals surface area contributed by atoms with Crippen LogP contribution in [0, 0.1) is 5.92 Å². The SMILES string of the molecule is CNC(=O)CCCSSC(C)CC(=O)N(C)C(C)C(=O)OC1CC(=O)N(C)c2cc(cc(OC)c2Cl)C/C(C)=C/C=CC(OC)C2(O)CC(=O)OC(C2)C(C)C2OC12C. The molecule has 328 valence electrons. The van der Waals surface area contributed by atoms with Crippen LogP contribution in [0.3, 0.4) is 0 Å². The van der Waals surface area contributed by atoms with Crippen molar-refractivity contribution in [2.45, 2.75) is 126 Å². The fraction of sp³-hybridized carbons (Fsp3) is 0.643. The molecule has 9 atom stereocenters. The number of rotatable bonds is 13. The lowest BCUT2D eigenvalue weighted by Gasteiger charge is -2.41. The maximum absolute atomic E-state index is 14.2. The number of epoxide rings is 1. The molecule has 1 aromatic rings. The first kappa shape index (κ1) is 48.4. The number of halogens is 1. The molecule has 4 bridgehead atoms. The molecule has 2 fully saturated rings. The van der Waals surface area contributed by atoms with Crippen molar-refractivity contribution < 1.29 is 52.8 Å². The molecule has 3 amide bonds. The van der Waals surface area contributed by atoms with Crippen LogP contribution in [0.1, 0.15) is 78.7 Å². The lowest BCUT2D eigenvalue weighted by Crippen LogP contribution is -2.53. The summed E-state index contributed by atoms with van der Waals surface area (Å²) in [4.78, 5) is 68.8. The van der Waals surface area contributed by atoms with Crippen molar-refractivity contribution in [3.8, 4) is 5.75 Å². The van der Waals surface area contributed by atoms with Crippen molar-refractivity contribution in [1.29, 1.82) is 0 Å². The van der Waals surface area contributed by atoms with Gasteiger partial charge < -0.3 is 43.9 Å². The number of hydrogen-bond acceptors (Lipinski definition) is 13. The van der Waals surface area contributed by atoms with Crippen LogP contribution < -0.4 is 15.0 Å². The summed E-state index contributed by atoms with van der Waals surface area (Å²) in [5.41, 5.74) is -0.668. The topological polar surface area (TPSA) is 174 Å². The zero-order valence-electron chi connectivity index (χ0n) is 35.7. The number of benzene rings is 1. The highest BCUT2D eigenvalue weighted by molar-refractivity contribution is 8.76. The van der Waals surface area contributed by atoms with Gasteiger partial charge in [0.1, 0.15) is 46.3 Å². The second-order valence-corrected chi connectivity index (χ2v) is 19.2.